The van der Waals surface area contributed by atoms with Crippen LogP contribution in [-0.2, 0) is 42.5 Å². The SMILES string of the molecule is CC(=O)SCC(=O)c1ccc(NS(=O)(=O)c2ccc3nc(OCCc4ccccc4)ccc3c2)nc1.CC(=O)SCC(=O)c1ccc(NS(=O)(=O)c2ccc3nc(OCCc4cccnc4)ccc3c2)nc1. The van der Waals surface area contributed by atoms with Crippen LogP contribution < -0.4 is 18.9 Å². The van der Waals surface area contributed by atoms with E-state index in [4.69, 9.17) is 9.47 Å². The van der Waals surface area contributed by atoms with E-state index in [1.165, 1.54) is 80.3 Å². The first-order chi connectivity index (χ1) is 34.6. The molecule has 0 saturated heterocycles. The topological polar surface area (TPSA) is 244 Å². The molecule has 0 aliphatic carbocycles. The summed E-state index contributed by atoms with van der Waals surface area (Å²) in [6.07, 6.45) is 7.51. The number of ether oxygens (including phenoxy) is 2. The number of ketones is 2. The third kappa shape index (κ3) is 15.2. The van der Waals surface area contributed by atoms with E-state index in [-0.39, 0.29) is 54.7 Å². The number of aromatic nitrogens is 5. The quantitative estimate of drug-likeness (QED) is 0.0680. The van der Waals surface area contributed by atoms with Gasteiger partial charge in [0, 0.05) is 85.5 Å². The summed E-state index contributed by atoms with van der Waals surface area (Å²) >= 11 is 1.82. The van der Waals surface area contributed by atoms with Crippen LogP contribution in [0.3, 0.4) is 0 Å². The Balaban J connectivity index is 0.000000211. The zero-order chi connectivity index (χ0) is 51.1. The molecule has 2 N–H and O–H groups in total. The van der Waals surface area contributed by atoms with Crippen LogP contribution in [0.5, 0.6) is 11.8 Å². The van der Waals surface area contributed by atoms with Crippen molar-refractivity contribution in [2.45, 2.75) is 36.5 Å². The summed E-state index contributed by atoms with van der Waals surface area (Å²) in [5.74, 6) is 0.542. The zero-order valence-electron chi connectivity index (χ0n) is 38.6. The number of sulfonamides is 2. The monoisotopic (exact) mass is 1040 g/mol. The lowest BCUT2D eigenvalue weighted by atomic mass is 10.2. The number of thioether (sulfide) groups is 2. The van der Waals surface area contributed by atoms with Gasteiger partial charge in [0.2, 0.25) is 11.8 Å². The van der Waals surface area contributed by atoms with Crippen LogP contribution in [-0.4, -0.2) is 88.3 Å². The van der Waals surface area contributed by atoms with E-state index in [0.717, 1.165) is 35.5 Å². The van der Waals surface area contributed by atoms with E-state index < -0.39 is 20.0 Å². The molecule has 368 valence electrons. The largest absolute Gasteiger partial charge is 0.477 e. The van der Waals surface area contributed by atoms with E-state index in [1.807, 2.05) is 42.5 Å². The highest BCUT2D eigenvalue weighted by Gasteiger charge is 2.19. The van der Waals surface area contributed by atoms with Crippen molar-refractivity contribution in [3.05, 3.63) is 174 Å². The van der Waals surface area contributed by atoms with E-state index >= 15 is 0 Å². The fraction of sp³-hybridized carbons (Fsp3) is 0.157. The maximum atomic E-state index is 12.9. The standard InChI is InChI=1S/C26H23N3O5S2.C25H22N4O5S2/c1-18(30)35-17-24(31)21-7-11-25(27-16-21)29-36(32,33)22-9-10-23-20(15-22)8-12-26(28-23)34-14-13-19-5-3-2-4-6-19;1-17(30)35-16-23(31)20-4-8-24(27-15-20)29-36(32,33)21-6-7-22-19(13-21)5-9-25(28-22)34-12-10-18-3-2-11-26-14-18/h2-12,15-16H,13-14,17H2,1H3,(H,27,29);2-9,11,13-15H,10,12,16H2,1H3,(H,27,29). The Kier molecular flexibility index (Phi) is 17.8. The Hall–Kier alpha value is -7.59. The minimum absolute atomic E-state index is 0.00444. The summed E-state index contributed by atoms with van der Waals surface area (Å²) < 4.78 is 67.8. The molecule has 17 nitrogen and oxygen atoms in total. The molecule has 0 aliphatic heterocycles. The number of Topliss-reactive ketones (excluding diaryl/α,β-unsaturated/α-hetero) is 2. The molecule has 0 saturated carbocycles. The van der Waals surface area contributed by atoms with Gasteiger partial charge >= 0.3 is 0 Å². The van der Waals surface area contributed by atoms with Gasteiger partial charge in [-0.2, -0.15) is 0 Å². The predicted octanol–water partition coefficient (Wildman–Crippen LogP) is 8.42. The van der Waals surface area contributed by atoms with Crippen molar-refractivity contribution in [3.8, 4) is 11.8 Å². The van der Waals surface area contributed by atoms with Crippen LogP contribution in [0.4, 0.5) is 11.6 Å². The first kappa shape index (κ1) is 52.2. The van der Waals surface area contributed by atoms with Crippen molar-refractivity contribution < 1.29 is 45.5 Å². The van der Waals surface area contributed by atoms with Gasteiger partial charge in [0.1, 0.15) is 11.6 Å². The molecular weight excluding hydrogens is 999 g/mol. The molecule has 72 heavy (non-hydrogen) atoms. The molecule has 0 bridgehead atoms. The molecule has 8 aromatic rings. The number of nitrogens with one attached hydrogen (secondary N) is 2. The van der Waals surface area contributed by atoms with Gasteiger partial charge < -0.3 is 9.47 Å². The maximum absolute atomic E-state index is 12.9. The second-order valence-electron chi connectivity index (χ2n) is 15.5. The average Bonchev–Trinajstić information content (AvgIpc) is 3.38. The highest BCUT2D eigenvalue weighted by atomic mass is 32.2. The number of benzene rings is 3. The fourth-order valence-corrected chi connectivity index (χ4v) is 9.62. The molecule has 3 aromatic carbocycles. The number of carbonyl (C=O) groups is 4. The Labute approximate surface area is 423 Å². The van der Waals surface area contributed by atoms with Crippen molar-refractivity contribution in [2.24, 2.45) is 0 Å². The Morgan fingerprint density at radius 1 is 0.528 bits per heavy atom. The number of rotatable bonds is 20. The molecule has 0 fully saturated rings. The normalized spacial score (nSPS) is 11.2. The van der Waals surface area contributed by atoms with Crippen molar-refractivity contribution in [1.82, 2.24) is 24.9 Å². The van der Waals surface area contributed by atoms with E-state index in [9.17, 15) is 36.0 Å². The number of hydrogen-bond acceptors (Lipinski definition) is 17. The van der Waals surface area contributed by atoms with Crippen LogP contribution in [0.1, 0.15) is 45.7 Å². The summed E-state index contributed by atoms with van der Waals surface area (Å²) in [5.41, 5.74) is 4.02. The van der Waals surface area contributed by atoms with E-state index in [0.29, 0.717) is 64.3 Å². The van der Waals surface area contributed by atoms with Gasteiger partial charge in [-0.3, -0.25) is 33.6 Å². The zero-order valence-corrected chi connectivity index (χ0v) is 41.9. The summed E-state index contributed by atoms with van der Waals surface area (Å²) in [6.45, 7) is 3.69. The Morgan fingerprint density at radius 3 is 1.43 bits per heavy atom. The predicted molar refractivity (Wildman–Crippen MR) is 278 cm³/mol. The average molecular weight is 1040 g/mol. The third-order valence-electron chi connectivity index (χ3n) is 10.2. The minimum atomic E-state index is -3.93. The van der Waals surface area contributed by atoms with Gasteiger partial charge in [0.15, 0.2) is 21.8 Å². The molecule has 0 amide bonds. The first-order valence-corrected chi connectivity index (χ1v) is 26.8. The van der Waals surface area contributed by atoms with Crippen LogP contribution in [0.25, 0.3) is 21.8 Å². The second-order valence-corrected chi connectivity index (χ2v) is 21.2. The molecule has 0 radical (unpaired) electrons. The molecule has 8 rings (SSSR count). The van der Waals surface area contributed by atoms with Crippen molar-refractivity contribution in [3.63, 3.8) is 0 Å². The van der Waals surface area contributed by atoms with Gasteiger partial charge in [0.05, 0.1) is 45.5 Å². The van der Waals surface area contributed by atoms with E-state index in [2.05, 4.69) is 34.4 Å². The number of hydrogen-bond donors (Lipinski definition) is 2. The van der Waals surface area contributed by atoms with Crippen LogP contribution in [0, 0.1) is 0 Å². The molecule has 0 spiro atoms. The number of nitrogens with zero attached hydrogens (tertiary/aromatic N) is 5. The van der Waals surface area contributed by atoms with Gasteiger partial charge in [-0.25, -0.2) is 36.8 Å². The number of fused-ring (bicyclic) bond motifs is 2. The lowest BCUT2D eigenvalue weighted by molar-refractivity contribution is -0.109. The Bertz CT molecular complexity index is 3220. The van der Waals surface area contributed by atoms with Gasteiger partial charge in [-0.05, 0) is 90.0 Å². The number of carbonyl (C=O) groups excluding carboxylic acids is 4. The van der Waals surface area contributed by atoms with Gasteiger partial charge in [-0.1, -0.05) is 59.9 Å². The van der Waals surface area contributed by atoms with Crippen molar-refractivity contribution in [1.29, 1.82) is 0 Å². The molecule has 5 aromatic heterocycles. The summed E-state index contributed by atoms with van der Waals surface area (Å²) in [7, 11) is -7.84. The molecule has 0 aliphatic rings. The Morgan fingerprint density at radius 2 is 1.00 bits per heavy atom. The highest BCUT2D eigenvalue weighted by molar-refractivity contribution is 8.14. The van der Waals surface area contributed by atoms with Gasteiger partial charge in [-0.15, -0.1) is 0 Å². The van der Waals surface area contributed by atoms with Crippen LogP contribution >= 0.6 is 23.5 Å². The summed E-state index contributed by atoms with van der Waals surface area (Å²) in [4.78, 5) is 67.3. The van der Waals surface area contributed by atoms with Crippen LogP contribution in [0.15, 0.2) is 162 Å². The molecule has 0 unspecified atom stereocenters. The number of anilines is 2. The highest BCUT2D eigenvalue weighted by Crippen LogP contribution is 2.25. The molecular formula is C51H45N7O10S4. The van der Waals surface area contributed by atoms with Crippen molar-refractivity contribution in [2.75, 3.05) is 34.2 Å². The molecule has 0 atom stereocenters. The van der Waals surface area contributed by atoms with Crippen LogP contribution in [0.2, 0.25) is 0 Å². The smallest absolute Gasteiger partial charge is 0.263 e. The minimum Gasteiger partial charge on any atom is -0.477 e. The fourth-order valence-electron chi connectivity index (χ4n) is 6.54. The molecule has 5 heterocycles. The lowest BCUT2D eigenvalue weighted by Gasteiger charge is -2.10. The first-order valence-electron chi connectivity index (χ1n) is 21.9. The number of pyridine rings is 5. The van der Waals surface area contributed by atoms with E-state index in [1.54, 1.807) is 48.8 Å². The third-order valence-corrected chi connectivity index (χ3v) is 14.5. The lowest BCUT2D eigenvalue weighted by Crippen LogP contribution is -2.14. The maximum Gasteiger partial charge on any atom is 0.263 e. The second kappa shape index (κ2) is 24.5. The molecule has 21 heteroatoms. The summed E-state index contributed by atoms with van der Waals surface area (Å²) in [5, 5.41) is 0.966. The van der Waals surface area contributed by atoms with Crippen molar-refractivity contribution >= 4 is 98.8 Å². The summed E-state index contributed by atoms with van der Waals surface area (Å²) in [6, 6.07) is 35.7. The van der Waals surface area contributed by atoms with Gasteiger partial charge in [0.25, 0.3) is 20.0 Å².